The lowest BCUT2D eigenvalue weighted by molar-refractivity contribution is -0.148. The molecule has 5 rings (SSSR count). The molecule has 3 aliphatic rings. The molecule has 4 atom stereocenters. The van der Waals surface area contributed by atoms with E-state index in [0.717, 1.165) is 5.56 Å². The first-order valence-corrected chi connectivity index (χ1v) is 14.3. The Kier molecular flexibility index (Phi) is 7.98. The number of hydrogen-bond donors (Lipinski definition) is 7. The van der Waals surface area contributed by atoms with Crippen molar-refractivity contribution in [2.75, 3.05) is 33.1 Å². The maximum atomic E-state index is 14.2. The summed E-state index contributed by atoms with van der Waals surface area (Å²) >= 11 is 0. The molecule has 0 spiro atoms. The number of nitrogens with two attached hydrogens (primary N) is 1. The number of carbonyl (C=O) groups is 4. The minimum absolute atomic E-state index is 0.00334. The van der Waals surface area contributed by atoms with Gasteiger partial charge in [-0.05, 0) is 62.2 Å². The van der Waals surface area contributed by atoms with Crippen molar-refractivity contribution in [3.05, 3.63) is 80.8 Å². The number of carboxylic acid groups (broad SMARTS) is 1. The van der Waals surface area contributed by atoms with E-state index < -0.39 is 64.0 Å². The second-order valence-corrected chi connectivity index (χ2v) is 12.2. The molecule has 13 nitrogen and oxygen atoms in total. The zero-order chi connectivity index (χ0) is 33.1. The molecule has 0 heterocycles. The highest BCUT2D eigenvalue weighted by atomic mass is 16.4. The van der Waals surface area contributed by atoms with Crippen LogP contribution < -0.4 is 16.0 Å². The SMILES string of the molecule is CN(C)c1cc(CNCc2ccc(C(=O)O)cc2)c(O)c2c1C[C@H]1C[C@H]3[C@@H](N(C)C)C(O)=C(C(N)=O)C(=O)[C@@]3(O)C(O)=C1C2=O. The first-order valence-electron chi connectivity index (χ1n) is 14.3. The number of nitrogens with zero attached hydrogens (tertiary/aromatic N) is 2. The van der Waals surface area contributed by atoms with Gasteiger partial charge < -0.3 is 41.5 Å². The summed E-state index contributed by atoms with van der Waals surface area (Å²) in [5, 5.41) is 58.0. The molecule has 1 amide bonds. The largest absolute Gasteiger partial charge is 0.510 e. The Morgan fingerprint density at radius 2 is 1.69 bits per heavy atom. The molecule has 0 bridgehead atoms. The van der Waals surface area contributed by atoms with E-state index in [1.165, 1.54) is 17.0 Å². The Hall–Kier alpha value is -4.72. The summed E-state index contributed by atoms with van der Waals surface area (Å²) in [5.74, 6) is -7.99. The van der Waals surface area contributed by atoms with Crippen LogP contribution in [-0.4, -0.2) is 93.7 Å². The van der Waals surface area contributed by atoms with Gasteiger partial charge in [0.25, 0.3) is 5.91 Å². The van der Waals surface area contributed by atoms with Gasteiger partial charge in [-0.2, -0.15) is 0 Å². The zero-order valence-corrected chi connectivity index (χ0v) is 25.3. The summed E-state index contributed by atoms with van der Waals surface area (Å²) in [6, 6.07) is 7.00. The summed E-state index contributed by atoms with van der Waals surface area (Å²) in [7, 11) is 6.74. The van der Waals surface area contributed by atoms with E-state index in [0.29, 0.717) is 23.4 Å². The van der Waals surface area contributed by atoms with Gasteiger partial charge >= 0.3 is 5.97 Å². The van der Waals surface area contributed by atoms with Crippen molar-refractivity contribution >= 4 is 29.1 Å². The molecule has 0 radical (unpaired) electrons. The molecule has 2 aromatic rings. The molecule has 0 saturated carbocycles. The maximum absolute atomic E-state index is 14.2. The van der Waals surface area contributed by atoms with Gasteiger partial charge in [0.1, 0.15) is 22.8 Å². The van der Waals surface area contributed by atoms with Gasteiger partial charge in [0.05, 0.1) is 17.2 Å². The van der Waals surface area contributed by atoms with E-state index in [2.05, 4.69) is 5.32 Å². The number of aliphatic hydroxyl groups is 3. The molecular formula is C32H36N4O9. The fourth-order valence-electron chi connectivity index (χ4n) is 6.99. The number of hydrogen-bond acceptors (Lipinski definition) is 11. The number of likely N-dealkylation sites (N-methyl/N-ethyl adjacent to an activating group) is 1. The van der Waals surface area contributed by atoms with E-state index in [9.17, 15) is 39.6 Å². The lowest BCUT2D eigenvalue weighted by Gasteiger charge is -2.50. The number of primary amides is 1. The summed E-state index contributed by atoms with van der Waals surface area (Å²) in [6.07, 6.45) is 0.183. The standard InChI is InChI=1S/C32H36N4O9/c1-35(2)20-11-17(13-34-12-14-5-7-15(8-6-14)31(43)44)25(37)22-18(20)9-16-10-19-24(36(3)4)27(39)23(30(33)42)29(41)32(19,45)28(40)21(16)26(22)38/h5-8,11,16,19,24,34,37,39-40,45H,9-10,12-13H2,1-4H3,(H2,33,42)(H,43,44)/t16-,19-,24+,32-/m0/s1. The third-order valence-corrected chi connectivity index (χ3v) is 9.11. The number of aliphatic hydroxyl groups excluding tert-OH is 2. The monoisotopic (exact) mass is 620 g/mol. The number of aromatic hydroxyl groups is 1. The van der Waals surface area contributed by atoms with Crippen LogP contribution in [0.5, 0.6) is 5.75 Å². The van der Waals surface area contributed by atoms with E-state index >= 15 is 0 Å². The second-order valence-electron chi connectivity index (χ2n) is 12.2. The molecule has 2 aromatic carbocycles. The first-order chi connectivity index (χ1) is 21.1. The van der Waals surface area contributed by atoms with Crippen molar-refractivity contribution in [2.45, 2.75) is 37.6 Å². The lowest BCUT2D eigenvalue weighted by Crippen LogP contribution is -2.63. The Balaban J connectivity index is 1.56. The maximum Gasteiger partial charge on any atom is 0.335 e. The van der Waals surface area contributed by atoms with Crippen molar-refractivity contribution in [3.8, 4) is 5.75 Å². The van der Waals surface area contributed by atoms with Crippen LogP contribution in [-0.2, 0) is 29.1 Å². The average molecular weight is 621 g/mol. The lowest BCUT2D eigenvalue weighted by atomic mass is 9.58. The minimum Gasteiger partial charge on any atom is -0.510 e. The number of nitrogens with one attached hydrogen (secondary N) is 1. The van der Waals surface area contributed by atoms with Crippen LogP contribution in [0.4, 0.5) is 5.69 Å². The number of Topliss-reactive ketones (excluding diaryl/α,β-unsaturated/α-hetero) is 2. The van der Waals surface area contributed by atoms with Gasteiger partial charge in [-0.15, -0.1) is 0 Å². The Morgan fingerprint density at radius 3 is 2.24 bits per heavy atom. The average Bonchev–Trinajstić information content (AvgIpc) is 2.95. The molecule has 0 aromatic heterocycles. The molecule has 3 aliphatic carbocycles. The molecule has 0 fully saturated rings. The highest BCUT2D eigenvalue weighted by Gasteiger charge is 2.63. The third kappa shape index (κ3) is 4.93. The fraction of sp³-hybridized carbons (Fsp3) is 0.375. The van der Waals surface area contributed by atoms with Gasteiger partial charge in [0, 0.05) is 49.9 Å². The molecule has 0 saturated heterocycles. The van der Waals surface area contributed by atoms with Crippen LogP contribution >= 0.6 is 0 Å². The molecule has 8 N–H and O–H groups in total. The van der Waals surface area contributed by atoms with Gasteiger partial charge in [0.2, 0.25) is 5.78 Å². The van der Waals surface area contributed by atoms with Crippen LogP contribution in [0.15, 0.2) is 53.0 Å². The van der Waals surface area contributed by atoms with Crippen molar-refractivity contribution in [2.24, 2.45) is 17.6 Å². The number of fused-ring (bicyclic) bond motifs is 3. The molecule has 0 aliphatic heterocycles. The molecule has 238 valence electrons. The summed E-state index contributed by atoms with van der Waals surface area (Å²) in [6.45, 7) is 0.464. The van der Waals surface area contributed by atoms with Crippen molar-refractivity contribution in [1.82, 2.24) is 10.2 Å². The van der Waals surface area contributed by atoms with E-state index in [1.54, 1.807) is 51.3 Å². The number of phenolic OH excluding ortho intramolecular Hbond substituents is 1. The van der Waals surface area contributed by atoms with Crippen LogP contribution in [0.25, 0.3) is 0 Å². The predicted octanol–water partition coefficient (Wildman–Crippen LogP) is 1.17. The summed E-state index contributed by atoms with van der Waals surface area (Å²) in [5.41, 5.74) is 4.06. The number of rotatable bonds is 8. The van der Waals surface area contributed by atoms with Gasteiger partial charge in [0.15, 0.2) is 11.4 Å². The molecule has 13 heteroatoms. The van der Waals surface area contributed by atoms with Crippen molar-refractivity contribution in [1.29, 1.82) is 0 Å². The smallest absolute Gasteiger partial charge is 0.335 e. The fourth-order valence-corrected chi connectivity index (χ4v) is 6.99. The van der Waals surface area contributed by atoms with Gasteiger partial charge in [-0.3, -0.25) is 19.3 Å². The number of benzene rings is 2. The van der Waals surface area contributed by atoms with Crippen LogP contribution in [0.3, 0.4) is 0 Å². The molecular weight excluding hydrogens is 584 g/mol. The van der Waals surface area contributed by atoms with Crippen molar-refractivity contribution in [3.63, 3.8) is 0 Å². The number of anilines is 1. The van der Waals surface area contributed by atoms with E-state index in [1.807, 2.05) is 0 Å². The summed E-state index contributed by atoms with van der Waals surface area (Å²) < 4.78 is 0. The Bertz CT molecular complexity index is 1690. The van der Waals surface area contributed by atoms with E-state index in [-0.39, 0.29) is 41.8 Å². The first kappa shape index (κ1) is 31.7. The van der Waals surface area contributed by atoms with Gasteiger partial charge in [-0.25, -0.2) is 4.79 Å². The number of amides is 1. The summed E-state index contributed by atoms with van der Waals surface area (Å²) in [4.78, 5) is 54.3. The molecule has 0 unspecified atom stereocenters. The second kappa shape index (κ2) is 11.3. The zero-order valence-electron chi connectivity index (χ0n) is 25.3. The minimum atomic E-state index is -2.71. The van der Waals surface area contributed by atoms with Crippen LogP contribution in [0.1, 0.15) is 43.8 Å². The topological polar surface area (TPSA) is 214 Å². The number of carbonyl (C=O) groups excluding carboxylic acids is 3. The number of allylic oxidation sites excluding steroid dienone is 1. The highest BCUT2D eigenvalue weighted by Crippen LogP contribution is 2.53. The molecule has 45 heavy (non-hydrogen) atoms. The Morgan fingerprint density at radius 1 is 1.04 bits per heavy atom. The third-order valence-electron chi connectivity index (χ3n) is 9.11. The number of ketones is 2. The number of aromatic carboxylic acids is 1. The quantitative estimate of drug-likeness (QED) is 0.207. The van der Waals surface area contributed by atoms with Crippen molar-refractivity contribution < 1.29 is 44.7 Å². The Labute approximate surface area is 258 Å². The normalized spacial score (nSPS) is 24.4. The van der Waals surface area contributed by atoms with Gasteiger partial charge in [-0.1, -0.05) is 12.1 Å². The number of phenols is 1. The van der Waals surface area contributed by atoms with Crippen LogP contribution in [0.2, 0.25) is 0 Å². The van der Waals surface area contributed by atoms with Crippen LogP contribution in [0, 0.1) is 11.8 Å². The number of carboxylic acids is 1. The van der Waals surface area contributed by atoms with E-state index in [4.69, 9.17) is 10.8 Å². The highest BCUT2D eigenvalue weighted by molar-refractivity contribution is 6.25. The predicted molar refractivity (Wildman–Crippen MR) is 162 cm³/mol.